The van der Waals surface area contributed by atoms with Gasteiger partial charge in [0.2, 0.25) is 22.9 Å². The summed E-state index contributed by atoms with van der Waals surface area (Å²) >= 11 is 0. The Labute approximate surface area is 291 Å². The van der Waals surface area contributed by atoms with Crippen molar-refractivity contribution < 1.29 is 20.1 Å². The van der Waals surface area contributed by atoms with E-state index in [1.54, 1.807) is 24.3 Å². The zero-order valence-corrected chi connectivity index (χ0v) is 28.3. The van der Waals surface area contributed by atoms with Crippen molar-refractivity contribution in [3.63, 3.8) is 0 Å². The first kappa shape index (κ1) is 32.2. The predicted molar refractivity (Wildman–Crippen MR) is 203 cm³/mol. The number of carbonyl (C=O) groups excluding carboxylic acids is 1. The number of aromatic hydroxyl groups is 1. The van der Waals surface area contributed by atoms with Gasteiger partial charge in [0.05, 0.1) is 17.2 Å². The summed E-state index contributed by atoms with van der Waals surface area (Å²) in [7, 11) is 0. The summed E-state index contributed by atoms with van der Waals surface area (Å²) < 4.78 is 2.04. The van der Waals surface area contributed by atoms with Gasteiger partial charge in [0.15, 0.2) is 0 Å². The molecule has 5 aromatic carbocycles. The third kappa shape index (κ3) is 5.92. The maximum Gasteiger partial charge on any atom is 0.215 e. The first-order valence-corrected chi connectivity index (χ1v) is 16.5. The second-order valence-electron chi connectivity index (χ2n) is 12.9. The van der Waals surface area contributed by atoms with Crippen LogP contribution in [-0.2, 0) is 4.79 Å². The molecule has 0 spiro atoms. The fourth-order valence-electron chi connectivity index (χ4n) is 6.61. The molecule has 0 saturated carbocycles. The third-order valence-corrected chi connectivity index (χ3v) is 8.98. The van der Waals surface area contributed by atoms with E-state index in [-0.39, 0.29) is 39.6 Å². The smallest absolute Gasteiger partial charge is 0.215 e. The maximum absolute atomic E-state index is 13.7. The van der Waals surface area contributed by atoms with E-state index >= 15 is 0 Å². The number of aryl methyl sites for hydroxylation is 4. The highest BCUT2D eigenvalue weighted by molar-refractivity contribution is 6.40. The minimum atomic E-state index is -0.461. The molecular formula is C44H37N2O4+. The highest BCUT2D eigenvalue weighted by Gasteiger charge is 2.39. The van der Waals surface area contributed by atoms with Gasteiger partial charge in [0, 0.05) is 64.6 Å². The molecule has 0 heterocycles. The third-order valence-electron chi connectivity index (χ3n) is 8.98. The monoisotopic (exact) mass is 657 g/mol. The number of anilines is 3. The van der Waals surface area contributed by atoms with Crippen molar-refractivity contribution in [1.29, 1.82) is 0 Å². The molecule has 0 atom stereocenters. The average Bonchev–Trinajstić information content (AvgIpc) is 3.08. The van der Waals surface area contributed by atoms with Crippen LogP contribution in [-0.4, -0.2) is 26.8 Å². The van der Waals surface area contributed by atoms with E-state index in [2.05, 4.69) is 24.3 Å². The Bertz CT molecular complexity index is 2280. The summed E-state index contributed by atoms with van der Waals surface area (Å²) in [5.74, 6) is -1.02. The standard InChI is InChI=1S/C44H36N2O4/c1-27-9-5-13-31(21-27)45(32-14-6-10-28(2)22-32)35-17-19-37(39(47)25-35)41-43(49)42(44(41)50)38-20-18-36(26-40(38)48)46(33-15-7-11-29(3)23-33)34-16-8-12-30(4)24-34/h5-26H,1-4H3,(H2,47,48,49,50)/p+1. The zero-order chi connectivity index (χ0) is 35.1. The normalized spacial score (nSPS) is 15.6. The molecule has 0 amide bonds. The second kappa shape index (κ2) is 12.9. The fraction of sp³-hybridized carbons (Fsp3) is 0.0909. The van der Waals surface area contributed by atoms with Gasteiger partial charge in [0.25, 0.3) is 0 Å². The molecule has 3 N–H and O–H groups in total. The van der Waals surface area contributed by atoms with Gasteiger partial charge in [-0.15, -0.1) is 0 Å². The maximum atomic E-state index is 13.7. The first-order chi connectivity index (χ1) is 24.1. The Morgan fingerprint density at radius 1 is 0.560 bits per heavy atom. The number of hydrogen-bond acceptors (Lipinski definition) is 5. The van der Waals surface area contributed by atoms with Crippen LogP contribution in [0.25, 0.3) is 5.57 Å². The van der Waals surface area contributed by atoms with Crippen LogP contribution >= 0.6 is 0 Å². The molecule has 0 aliphatic heterocycles. The van der Waals surface area contributed by atoms with Gasteiger partial charge in [-0.05, 0) is 92.4 Å². The fourth-order valence-corrected chi connectivity index (χ4v) is 6.61. The van der Waals surface area contributed by atoms with Gasteiger partial charge in [0.1, 0.15) is 17.3 Å². The van der Waals surface area contributed by atoms with Gasteiger partial charge in [-0.25, -0.2) is 0 Å². The molecule has 2 aliphatic rings. The molecule has 5 aromatic rings. The Kier molecular flexibility index (Phi) is 8.30. The van der Waals surface area contributed by atoms with Crippen LogP contribution in [0.4, 0.5) is 28.4 Å². The molecular weight excluding hydrogens is 620 g/mol. The van der Waals surface area contributed by atoms with Crippen molar-refractivity contribution in [3.05, 3.63) is 184 Å². The molecule has 0 radical (unpaired) electrons. The van der Waals surface area contributed by atoms with E-state index in [0.717, 1.165) is 45.0 Å². The lowest BCUT2D eigenvalue weighted by molar-refractivity contribution is -0.111. The van der Waals surface area contributed by atoms with E-state index in [4.69, 9.17) is 0 Å². The number of allylic oxidation sites excluding steroid dienone is 5. The number of phenols is 1. The molecule has 7 rings (SSSR count). The van der Waals surface area contributed by atoms with Gasteiger partial charge < -0.3 is 20.2 Å². The minimum Gasteiger partial charge on any atom is -0.507 e. The second-order valence-corrected chi connectivity index (χ2v) is 12.9. The van der Waals surface area contributed by atoms with Crippen molar-refractivity contribution in [1.82, 2.24) is 4.58 Å². The topological polar surface area (TPSA) is 84.0 Å². The summed E-state index contributed by atoms with van der Waals surface area (Å²) in [6.07, 6.45) is 5.07. The SMILES string of the molecule is Cc1cccc(N(c2cccc(C)c2)c2ccc(C3=C(O)/C(=C4\C=CC(=[N+](c5cccc(C)c5)c5cccc(C)c5)C=C4O)C3=O)c(O)c2)c1. The van der Waals surface area contributed by atoms with Gasteiger partial charge >= 0.3 is 0 Å². The molecule has 0 aromatic heterocycles. The lowest BCUT2D eigenvalue weighted by Crippen LogP contribution is -2.24. The Hall–Kier alpha value is -6.40. The number of benzene rings is 5. The summed E-state index contributed by atoms with van der Waals surface area (Å²) in [4.78, 5) is 15.7. The number of aliphatic hydroxyl groups excluding tert-OH is 2. The molecule has 50 heavy (non-hydrogen) atoms. The molecule has 0 saturated heterocycles. The minimum absolute atomic E-state index is 0.00587. The van der Waals surface area contributed by atoms with E-state index in [1.807, 2.05) is 122 Å². The molecule has 0 unspecified atom stereocenters. The number of carbonyl (C=O) groups is 1. The molecule has 0 bridgehead atoms. The highest BCUT2D eigenvalue weighted by atomic mass is 16.3. The average molecular weight is 658 g/mol. The van der Waals surface area contributed by atoms with E-state index in [9.17, 15) is 20.1 Å². The number of rotatable bonds is 6. The number of hydrogen-bond donors (Lipinski definition) is 3. The van der Waals surface area contributed by atoms with Crippen LogP contribution in [0.1, 0.15) is 27.8 Å². The van der Waals surface area contributed by atoms with Crippen LogP contribution in [0.15, 0.2) is 156 Å². The summed E-state index contributed by atoms with van der Waals surface area (Å²) in [5.41, 5.74) is 9.87. The van der Waals surface area contributed by atoms with Gasteiger partial charge in [-0.1, -0.05) is 48.5 Å². The summed E-state index contributed by atoms with van der Waals surface area (Å²) in [5, 5.41) is 33.8. The number of ketones is 1. The largest absolute Gasteiger partial charge is 0.507 e. The Morgan fingerprint density at radius 3 is 1.56 bits per heavy atom. The highest BCUT2D eigenvalue weighted by Crippen LogP contribution is 2.45. The molecule has 6 heteroatoms. The van der Waals surface area contributed by atoms with Crippen LogP contribution in [0.5, 0.6) is 5.75 Å². The van der Waals surface area contributed by atoms with Crippen LogP contribution in [0.3, 0.4) is 0 Å². The molecule has 2 aliphatic carbocycles. The van der Waals surface area contributed by atoms with Crippen molar-refractivity contribution in [2.75, 3.05) is 4.90 Å². The van der Waals surface area contributed by atoms with E-state index in [0.29, 0.717) is 11.4 Å². The van der Waals surface area contributed by atoms with Crippen LogP contribution in [0.2, 0.25) is 0 Å². The van der Waals surface area contributed by atoms with Crippen molar-refractivity contribution in [2.24, 2.45) is 0 Å². The molecule has 246 valence electrons. The molecule has 6 nitrogen and oxygen atoms in total. The lowest BCUT2D eigenvalue weighted by Gasteiger charge is -2.28. The van der Waals surface area contributed by atoms with Crippen molar-refractivity contribution in [3.8, 4) is 5.75 Å². The van der Waals surface area contributed by atoms with Gasteiger partial charge in [-0.2, -0.15) is 4.58 Å². The Balaban J connectivity index is 1.27. The lowest BCUT2D eigenvalue weighted by atomic mass is 9.79. The van der Waals surface area contributed by atoms with Crippen LogP contribution < -0.4 is 9.48 Å². The summed E-state index contributed by atoms with van der Waals surface area (Å²) in [6, 6.07) is 37.4. The van der Waals surface area contributed by atoms with E-state index in [1.165, 1.54) is 0 Å². The van der Waals surface area contributed by atoms with Crippen molar-refractivity contribution in [2.45, 2.75) is 27.7 Å². The number of phenolic OH excluding ortho intramolecular Hbond substituents is 1. The summed E-state index contributed by atoms with van der Waals surface area (Å²) in [6.45, 7) is 8.11. The first-order valence-electron chi connectivity index (χ1n) is 16.5. The number of aliphatic hydroxyl groups is 2. The van der Waals surface area contributed by atoms with Crippen molar-refractivity contribution >= 4 is 45.5 Å². The van der Waals surface area contributed by atoms with E-state index < -0.39 is 5.78 Å². The quantitative estimate of drug-likeness (QED) is 0.125. The Morgan fingerprint density at radius 2 is 1.08 bits per heavy atom. The predicted octanol–water partition coefficient (Wildman–Crippen LogP) is 10.2. The van der Waals surface area contributed by atoms with Crippen LogP contribution in [0, 0.1) is 27.7 Å². The van der Waals surface area contributed by atoms with Gasteiger partial charge in [-0.3, -0.25) is 4.79 Å². The number of Topliss-reactive ketones (excluding diaryl/α,β-unsaturated/α-hetero) is 1. The molecule has 0 fully saturated rings. The number of nitrogens with zero attached hydrogens (tertiary/aromatic N) is 2. The zero-order valence-electron chi connectivity index (χ0n) is 28.3.